The SMILES string of the molecule is Cc1cc(COC2CCC(=NO)CC2)c2ccccc2n1. The lowest BCUT2D eigenvalue weighted by atomic mass is 9.96. The zero-order valence-corrected chi connectivity index (χ0v) is 12.2. The van der Waals surface area contributed by atoms with Crippen molar-refractivity contribution in [3.05, 3.63) is 41.6 Å². The van der Waals surface area contributed by atoms with Crippen molar-refractivity contribution in [2.75, 3.05) is 0 Å². The van der Waals surface area contributed by atoms with Crippen LogP contribution >= 0.6 is 0 Å². The number of pyridine rings is 1. The standard InChI is InChI=1S/C17H20N2O2/c1-12-10-13(16-4-2-3-5-17(16)18-12)11-21-15-8-6-14(19-20)7-9-15/h2-5,10,15,20H,6-9,11H2,1H3. The van der Waals surface area contributed by atoms with Crippen LogP contribution in [0, 0.1) is 6.92 Å². The summed E-state index contributed by atoms with van der Waals surface area (Å²) in [5, 5.41) is 13.2. The molecule has 4 heteroatoms. The third kappa shape index (κ3) is 3.22. The summed E-state index contributed by atoms with van der Waals surface area (Å²) in [5.74, 6) is 0. The van der Waals surface area contributed by atoms with E-state index in [0.717, 1.165) is 48.0 Å². The van der Waals surface area contributed by atoms with Crippen LogP contribution in [0.3, 0.4) is 0 Å². The largest absolute Gasteiger partial charge is 0.411 e. The zero-order valence-electron chi connectivity index (χ0n) is 12.2. The Kier molecular flexibility index (Phi) is 4.15. The summed E-state index contributed by atoms with van der Waals surface area (Å²) >= 11 is 0. The Morgan fingerprint density at radius 2 is 2.05 bits per heavy atom. The van der Waals surface area contributed by atoms with E-state index in [1.807, 2.05) is 25.1 Å². The van der Waals surface area contributed by atoms with Gasteiger partial charge in [-0.1, -0.05) is 23.4 Å². The first kappa shape index (κ1) is 14.0. The smallest absolute Gasteiger partial charge is 0.0727 e. The van der Waals surface area contributed by atoms with Gasteiger partial charge in [-0.3, -0.25) is 4.98 Å². The molecule has 4 nitrogen and oxygen atoms in total. The van der Waals surface area contributed by atoms with Crippen LogP contribution in [-0.2, 0) is 11.3 Å². The van der Waals surface area contributed by atoms with Gasteiger partial charge in [-0.25, -0.2) is 0 Å². The molecule has 0 radical (unpaired) electrons. The first-order valence-electron chi connectivity index (χ1n) is 7.43. The summed E-state index contributed by atoms with van der Waals surface area (Å²) in [6, 6.07) is 10.3. The molecule has 0 spiro atoms. The topological polar surface area (TPSA) is 54.7 Å². The van der Waals surface area contributed by atoms with E-state index in [0.29, 0.717) is 6.61 Å². The van der Waals surface area contributed by atoms with E-state index < -0.39 is 0 Å². The minimum Gasteiger partial charge on any atom is -0.411 e. The summed E-state index contributed by atoms with van der Waals surface area (Å²) in [7, 11) is 0. The van der Waals surface area contributed by atoms with Crippen LogP contribution in [0.25, 0.3) is 10.9 Å². The Hall–Kier alpha value is -1.94. The summed E-state index contributed by atoms with van der Waals surface area (Å²) in [6.45, 7) is 2.63. The van der Waals surface area contributed by atoms with Gasteiger partial charge in [0.15, 0.2) is 0 Å². The zero-order chi connectivity index (χ0) is 14.7. The van der Waals surface area contributed by atoms with Gasteiger partial charge in [0.25, 0.3) is 0 Å². The Labute approximate surface area is 124 Å². The van der Waals surface area contributed by atoms with Crippen LogP contribution in [0.2, 0.25) is 0 Å². The second-order valence-electron chi connectivity index (χ2n) is 5.62. The van der Waals surface area contributed by atoms with Crippen LogP contribution in [0.1, 0.15) is 36.9 Å². The van der Waals surface area contributed by atoms with Crippen molar-refractivity contribution in [2.45, 2.75) is 45.3 Å². The molecule has 1 aromatic carbocycles. The van der Waals surface area contributed by atoms with Gasteiger partial charge in [0.05, 0.1) is 23.9 Å². The van der Waals surface area contributed by atoms with E-state index in [2.05, 4.69) is 22.3 Å². The summed E-state index contributed by atoms with van der Waals surface area (Å²) in [4.78, 5) is 4.55. The summed E-state index contributed by atoms with van der Waals surface area (Å²) in [5.41, 5.74) is 4.12. The molecule has 0 bridgehead atoms. The van der Waals surface area contributed by atoms with Crippen molar-refractivity contribution < 1.29 is 9.94 Å². The van der Waals surface area contributed by atoms with Gasteiger partial charge in [-0.2, -0.15) is 0 Å². The van der Waals surface area contributed by atoms with Gasteiger partial charge in [-0.05, 0) is 50.3 Å². The molecule has 1 aliphatic rings. The van der Waals surface area contributed by atoms with Crippen LogP contribution in [0.5, 0.6) is 0 Å². The van der Waals surface area contributed by atoms with E-state index in [1.165, 1.54) is 5.56 Å². The monoisotopic (exact) mass is 284 g/mol. The average Bonchev–Trinajstić information content (AvgIpc) is 2.53. The highest BCUT2D eigenvalue weighted by Gasteiger charge is 2.18. The molecular weight excluding hydrogens is 264 g/mol. The highest BCUT2D eigenvalue weighted by molar-refractivity contribution is 5.84. The van der Waals surface area contributed by atoms with Gasteiger partial charge in [0.2, 0.25) is 0 Å². The summed E-state index contributed by atoms with van der Waals surface area (Å²) in [6.07, 6.45) is 3.78. The Morgan fingerprint density at radius 1 is 1.29 bits per heavy atom. The highest BCUT2D eigenvalue weighted by Crippen LogP contribution is 2.23. The maximum Gasteiger partial charge on any atom is 0.0727 e. The summed E-state index contributed by atoms with van der Waals surface area (Å²) < 4.78 is 6.06. The minimum atomic E-state index is 0.253. The maximum absolute atomic E-state index is 8.77. The molecule has 2 aromatic rings. The Morgan fingerprint density at radius 3 is 2.81 bits per heavy atom. The van der Waals surface area contributed by atoms with E-state index in [-0.39, 0.29) is 6.10 Å². The third-order valence-electron chi connectivity index (χ3n) is 4.06. The highest BCUT2D eigenvalue weighted by atomic mass is 16.5. The fourth-order valence-corrected chi connectivity index (χ4v) is 2.91. The number of aryl methyl sites for hydroxylation is 1. The predicted molar refractivity (Wildman–Crippen MR) is 82.7 cm³/mol. The molecule has 1 fully saturated rings. The molecule has 1 N–H and O–H groups in total. The lowest BCUT2D eigenvalue weighted by Crippen LogP contribution is -2.21. The lowest BCUT2D eigenvalue weighted by molar-refractivity contribution is 0.0282. The first-order chi connectivity index (χ1) is 10.3. The van der Waals surface area contributed by atoms with Gasteiger partial charge in [0, 0.05) is 11.1 Å². The molecule has 21 heavy (non-hydrogen) atoms. The molecule has 110 valence electrons. The van der Waals surface area contributed by atoms with Crippen LogP contribution in [0.4, 0.5) is 0 Å². The van der Waals surface area contributed by atoms with E-state index in [1.54, 1.807) is 0 Å². The predicted octanol–water partition coefficient (Wildman–Crippen LogP) is 3.83. The minimum absolute atomic E-state index is 0.253. The molecule has 0 unspecified atom stereocenters. The Bertz CT molecular complexity index is 657. The van der Waals surface area contributed by atoms with Crippen molar-refractivity contribution in [3.63, 3.8) is 0 Å². The van der Waals surface area contributed by atoms with Crippen LogP contribution in [0.15, 0.2) is 35.5 Å². The molecule has 1 aromatic heterocycles. The lowest BCUT2D eigenvalue weighted by Gasteiger charge is -2.23. The van der Waals surface area contributed by atoms with Crippen molar-refractivity contribution in [1.29, 1.82) is 0 Å². The van der Waals surface area contributed by atoms with E-state index in [9.17, 15) is 0 Å². The molecule has 1 aliphatic carbocycles. The molecular formula is C17H20N2O2. The quantitative estimate of drug-likeness (QED) is 0.688. The van der Waals surface area contributed by atoms with Gasteiger partial charge in [-0.15, -0.1) is 0 Å². The van der Waals surface area contributed by atoms with Crippen molar-refractivity contribution in [3.8, 4) is 0 Å². The number of nitrogens with zero attached hydrogens (tertiary/aromatic N) is 2. The van der Waals surface area contributed by atoms with Crippen LogP contribution in [-0.4, -0.2) is 22.0 Å². The number of ether oxygens (including phenoxy) is 1. The number of hydrogen-bond acceptors (Lipinski definition) is 4. The van der Waals surface area contributed by atoms with Crippen molar-refractivity contribution >= 4 is 16.6 Å². The number of aromatic nitrogens is 1. The number of oxime groups is 1. The van der Waals surface area contributed by atoms with Crippen molar-refractivity contribution in [2.24, 2.45) is 5.16 Å². The molecule has 0 aliphatic heterocycles. The van der Waals surface area contributed by atoms with Crippen molar-refractivity contribution in [1.82, 2.24) is 4.98 Å². The molecule has 3 rings (SSSR count). The molecule has 0 atom stereocenters. The maximum atomic E-state index is 8.77. The number of hydrogen-bond donors (Lipinski definition) is 1. The fraction of sp³-hybridized carbons (Fsp3) is 0.412. The average molecular weight is 284 g/mol. The number of fused-ring (bicyclic) bond motifs is 1. The number of para-hydroxylation sites is 1. The molecule has 0 saturated heterocycles. The van der Waals surface area contributed by atoms with Crippen LogP contribution < -0.4 is 0 Å². The number of benzene rings is 1. The Balaban J connectivity index is 1.71. The van der Waals surface area contributed by atoms with Gasteiger partial charge < -0.3 is 9.94 Å². The van der Waals surface area contributed by atoms with E-state index >= 15 is 0 Å². The molecule has 0 amide bonds. The first-order valence-corrected chi connectivity index (χ1v) is 7.43. The molecule has 1 saturated carbocycles. The van der Waals surface area contributed by atoms with Gasteiger partial charge >= 0.3 is 0 Å². The third-order valence-corrected chi connectivity index (χ3v) is 4.06. The second kappa shape index (κ2) is 6.22. The number of rotatable bonds is 3. The normalized spacial score (nSPS) is 18.9. The van der Waals surface area contributed by atoms with E-state index in [4.69, 9.17) is 9.94 Å². The second-order valence-corrected chi connectivity index (χ2v) is 5.62. The fourth-order valence-electron chi connectivity index (χ4n) is 2.91. The van der Waals surface area contributed by atoms with Gasteiger partial charge in [0.1, 0.15) is 0 Å². The molecule has 1 heterocycles.